The Morgan fingerprint density at radius 3 is 2.38 bits per heavy atom. The van der Waals surface area contributed by atoms with Gasteiger partial charge in [-0.05, 0) is 41.3 Å². The van der Waals surface area contributed by atoms with E-state index < -0.39 is 34.4 Å². The van der Waals surface area contributed by atoms with Crippen LogP contribution < -0.4 is 19.9 Å². The molecular formula is C21H23N3O7S. The summed E-state index contributed by atoms with van der Waals surface area (Å²) in [6, 6.07) is 10.4. The van der Waals surface area contributed by atoms with Crippen molar-refractivity contribution < 1.29 is 32.6 Å². The van der Waals surface area contributed by atoms with Gasteiger partial charge in [-0.2, -0.15) is 0 Å². The van der Waals surface area contributed by atoms with Crippen molar-refractivity contribution in [2.45, 2.75) is 31.1 Å². The maximum Gasteiger partial charge on any atom is 0.323 e. The van der Waals surface area contributed by atoms with Crippen LogP contribution in [0.3, 0.4) is 0 Å². The number of aliphatic carboxylic acids is 1. The molecule has 0 aromatic heterocycles. The second-order valence-electron chi connectivity index (χ2n) is 8.18. The molecule has 0 bridgehead atoms. The van der Waals surface area contributed by atoms with Gasteiger partial charge in [-0.1, -0.05) is 32.9 Å². The Balaban J connectivity index is 1.77. The Bertz CT molecular complexity index is 1170. The Hall–Kier alpha value is -3.44. The summed E-state index contributed by atoms with van der Waals surface area (Å²) in [5, 5.41) is 9.04. The third-order valence-electron chi connectivity index (χ3n) is 4.79. The van der Waals surface area contributed by atoms with Gasteiger partial charge in [-0.25, -0.2) is 8.42 Å². The highest BCUT2D eigenvalue weighted by molar-refractivity contribution is 7.89. The number of benzene rings is 2. The minimum absolute atomic E-state index is 0.00983. The molecule has 0 radical (unpaired) electrons. The number of sulfonamides is 1. The van der Waals surface area contributed by atoms with Crippen LogP contribution in [0.2, 0.25) is 0 Å². The minimum Gasteiger partial charge on any atom is -0.482 e. The third-order valence-corrected chi connectivity index (χ3v) is 6.03. The molecule has 3 N–H and O–H groups in total. The second kappa shape index (κ2) is 8.60. The van der Waals surface area contributed by atoms with E-state index in [1.165, 1.54) is 12.1 Å². The number of hydrogen-bond donors (Lipinski definition) is 3. The molecular weight excluding hydrogens is 438 g/mol. The lowest BCUT2D eigenvalue weighted by Crippen LogP contribution is -2.43. The van der Waals surface area contributed by atoms with Crippen LogP contribution in [0, 0.1) is 0 Å². The van der Waals surface area contributed by atoms with E-state index in [1.54, 1.807) is 24.3 Å². The van der Waals surface area contributed by atoms with Crippen molar-refractivity contribution in [1.29, 1.82) is 0 Å². The van der Waals surface area contributed by atoms with Gasteiger partial charge < -0.3 is 9.84 Å². The van der Waals surface area contributed by atoms with Crippen LogP contribution in [0.15, 0.2) is 47.4 Å². The van der Waals surface area contributed by atoms with Crippen LogP contribution in [-0.2, 0) is 25.0 Å². The molecule has 170 valence electrons. The van der Waals surface area contributed by atoms with E-state index in [1.807, 2.05) is 25.6 Å². The summed E-state index contributed by atoms with van der Waals surface area (Å²) in [7, 11) is -4.22. The van der Waals surface area contributed by atoms with Gasteiger partial charge in [0.2, 0.25) is 0 Å². The molecule has 3 rings (SSSR count). The molecule has 2 aromatic rings. The fourth-order valence-corrected chi connectivity index (χ4v) is 3.88. The maximum absolute atomic E-state index is 12.7. The third kappa shape index (κ3) is 5.06. The fourth-order valence-electron chi connectivity index (χ4n) is 3.02. The number of carboxylic acid groups (broad SMARTS) is 1. The van der Waals surface area contributed by atoms with Crippen molar-refractivity contribution in [2.24, 2.45) is 0 Å². The van der Waals surface area contributed by atoms with Gasteiger partial charge in [0.15, 0.2) is 6.61 Å². The second-order valence-corrected chi connectivity index (χ2v) is 9.86. The van der Waals surface area contributed by atoms with Gasteiger partial charge in [0, 0.05) is 5.56 Å². The van der Waals surface area contributed by atoms with E-state index in [2.05, 4.69) is 5.43 Å². The number of ether oxygens (including phenoxy) is 1. The van der Waals surface area contributed by atoms with Gasteiger partial charge in [0.1, 0.15) is 12.3 Å². The van der Waals surface area contributed by atoms with Crippen molar-refractivity contribution in [3.8, 4) is 5.75 Å². The van der Waals surface area contributed by atoms with Crippen molar-refractivity contribution in [3.63, 3.8) is 0 Å². The SMILES string of the molecule is CC(C)(C)c1ccc(C(=O)NNS(=O)(=O)c2ccc3c(c2)N(CC(=O)O)C(=O)CO3)cc1. The molecule has 0 saturated carbocycles. The Morgan fingerprint density at radius 1 is 1.12 bits per heavy atom. The first-order valence-corrected chi connectivity index (χ1v) is 11.1. The number of amides is 2. The summed E-state index contributed by atoms with van der Waals surface area (Å²) in [4.78, 5) is 38.1. The van der Waals surface area contributed by atoms with Gasteiger partial charge in [0.05, 0.1) is 10.6 Å². The van der Waals surface area contributed by atoms with Crippen LogP contribution in [0.25, 0.3) is 0 Å². The largest absolute Gasteiger partial charge is 0.482 e. The molecule has 1 aliphatic rings. The molecule has 2 aromatic carbocycles. The Kier molecular flexibility index (Phi) is 6.24. The van der Waals surface area contributed by atoms with E-state index in [4.69, 9.17) is 9.84 Å². The number of nitrogens with one attached hydrogen (secondary N) is 2. The lowest BCUT2D eigenvalue weighted by atomic mass is 9.87. The van der Waals surface area contributed by atoms with Gasteiger partial charge in [-0.15, -0.1) is 4.83 Å². The summed E-state index contributed by atoms with van der Waals surface area (Å²) < 4.78 is 30.6. The predicted molar refractivity (Wildman–Crippen MR) is 115 cm³/mol. The minimum atomic E-state index is -4.22. The molecule has 32 heavy (non-hydrogen) atoms. The molecule has 0 spiro atoms. The molecule has 0 atom stereocenters. The number of fused-ring (bicyclic) bond motifs is 1. The fraction of sp³-hybridized carbons (Fsp3) is 0.286. The van der Waals surface area contributed by atoms with Crippen molar-refractivity contribution in [2.75, 3.05) is 18.1 Å². The number of rotatable bonds is 6. The van der Waals surface area contributed by atoms with E-state index in [0.29, 0.717) is 0 Å². The van der Waals surface area contributed by atoms with Crippen molar-refractivity contribution in [3.05, 3.63) is 53.6 Å². The predicted octanol–water partition coefficient (Wildman–Crippen LogP) is 1.42. The number of carboxylic acids is 1. The molecule has 0 unspecified atom stereocenters. The average Bonchev–Trinajstić information content (AvgIpc) is 2.73. The first kappa shape index (κ1) is 23.2. The normalized spacial score (nSPS) is 13.8. The first-order valence-electron chi connectivity index (χ1n) is 9.60. The zero-order valence-corrected chi connectivity index (χ0v) is 18.5. The average molecular weight is 461 g/mol. The van der Waals surface area contributed by atoms with E-state index in [9.17, 15) is 22.8 Å². The molecule has 2 amide bonds. The zero-order chi connectivity index (χ0) is 23.7. The van der Waals surface area contributed by atoms with Crippen LogP contribution >= 0.6 is 0 Å². The quantitative estimate of drug-likeness (QED) is 0.552. The summed E-state index contributed by atoms with van der Waals surface area (Å²) in [5.74, 6) is -2.36. The highest BCUT2D eigenvalue weighted by Crippen LogP contribution is 2.34. The van der Waals surface area contributed by atoms with Crippen LogP contribution in [0.1, 0.15) is 36.7 Å². The van der Waals surface area contributed by atoms with Gasteiger partial charge >= 0.3 is 5.97 Å². The molecule has 1 heterocycles. The van der Waals surface area contributed by atoms with Crippen LogP contribution in [0.5, 0.6) is 5.75 Å². The zero-order valence-electron chi connectivity index (χ0n) is 17.7. The molecule has 0 fully saturated rings. The number of anilines is 1. The summed E-state index contributed by atoms with van der Waals surface area (Å²) in [5.41, 5.74) is 3.34. The highest BCUT2D eigenvalue weighted by Gasteiger charge is 2.29. The monoisotopic (exact) mass is 461 g/mol. The molecule has 0 saturated heterocycles. The maximum atomic E-state index is 12.7. The number of carbonyl (C=O) groups excluding carboxylic acids is 2. The standard InChI is InChI=1S/C21H23N3O7S/c1-21(2,3)14-6-4-13(5-7-14)20(28)22-23-32(29,30)15-8-9-17-16(10-15)24(11-19(26)27)18(25)12-31-17/h4-10,23H,11-12H2,1-3H3,(H,22,28)(H,26,27). The Labute approximate surface area is 185 Å². The lowest BCUT2D eigenvalue weighted by Gasteiger charge is -2.28. The van der Waals surface area contributed by atoms with E-state index >= 15 is 0 Å². The summed E-state index contributed by atoms with van der Waals surface area (Å²) in [6.07, 6.45) is 0. The van der Waals surface area contributed by atoms with E-state index in [-0.39, 0.29) is 33.9 Å². The molecule has 1 aliphatic heterocycles. The number of carbonyl (C=O) groups is 3. The van der Waals surface area contributed by atoms with Crippen LogP contribution in [-0.4, -0.2) is 44.5 Å². The smallest absolute Gasteiger partial charge is 0.323 e. The topological polar surface area (TPSA) is 142 Å². The van der Waals surface area contributed by atoms with Gasteiger partial charge in [0.25, 0.3) is 21.8 Å². The highest BCUT2D eigenvalue weighted by atomic mass is 32.2. The lowest BCUT2D eigenvalue weighted by molar-refractivity contribution is -0.137. The number of hydrazine groups is 1. The van der Waals surface area contributed by atoms with Gasteiger partial charge in [-0.3, -0.25) is 24.7 Å². The van der Waals surface area contributed by atoms with Crippen molar-refractivity contribution in [1.82, 2.24) is 10.3 Å². The summed E-state index contributed by atoms with van der Waals surface area (Å²) in [6.45, 7) is 5.10. The number of hydrogen-bond acceptors (Lipinski definition) is 6. The van der Waals surface area contributed by atoms with Crippen molar-refractivity contribution >= 4 is 33.5 Å². The number of nitrogens with zero attached hydrogens (tertiary/aromatic N) is 1. The Morgan fingerprint density at radius 2 is 1.78 bits per heavy atom. The summed E-state index contributed by atoms with van der Waals surface area (Å²) >= 11 is 0. The van der Waals surface area contributed by atoms with E-state index in [0.717, 1.165) is 16.5 Å². The first-order chi connectivity index (χ1) is 14.9. The molecule has 11 heteroatoms. The molecule has 10 nitrogen and oxygen atoms in total. The molecule has 0 aliphatic carbocycles. The van der Waals surface area contributed by atoms with Crippen LogP contribution in [0.4, 0.5) is 5.69 Å².